The molecule has 42 heavy (non-hydrogen) atoms. The lowest BCUT2D eigenvalue weighted by Crippen LogP contribution is -2.12. The molecule has 0 unspecified atom stereocenters. The molecule has 3 aromatic carbocycles. The topological polar surface area (TPSA) is 85.1 Å². The van der Waals surface area contributed by atoms with Crippen LogP contribution in [0.1, 0.15) is 24.9 Å². The summed E-state index contributed by atoms with van der Waals surface area (Å²) in [5.41, 5.74) is 10.9. The van der Waals surface area contributed by atoms with Crippen LogP contribution >= 0.6 is 34.3 Å². The highest BCUT2D eigenvalue weighted by Crippen LogP contribution is 2.41. The quantitative estimate of drug-likeness (QED) is 0.140. The van der Waals surface area contributed by atoms with Crippen LogP contribution in [0.4, 0.5) is 15.8 Å². The van der Waals surface area contributed by atoms with Crippen LogP contribution in [0.25, 0.3) is 38.7 Å². The first kappa shape index (κ1) is 27.5. The van der Waals surface area contributed by atoms with Crippen molar-refractivity contribution in [2.45, 2.75) is 0 Å². The number of nitrogens with two attached hydrogens (primary N) is 1. The number of hydrogen-bond donors (Lipinski definition) is 2. The monoisotopic (exact) mass is 609 g/mol. The van der Waals surface area contributed by atoms with E-state index in [1.165, 1.54) is 29.5 Å². The second-order valence-electron chi connectivity index (χ2n) is 9.34. The van der Waals surface area contributed by atoms with E-state index in [0.717, 1.165) is 21.6 Å². The molecule has 0 saturated carbocycles. The maximum Gasteiger partial charge on any atom is 0.267 e. The van der Waals surface area contributed by atoms with Gasteiger partial charge in [0, 0.05) is 32.1 Å². The molecule has 6 aromatic rings. The third-order valence-corrected chi connectivity index (χ3v) is 8.76. The summed E-state index contributed by atoms with van der Waals surface area (Å²) in [4.78, 5) is 32.6. The minimum atomic E-state index is -0.391. The lowest BCUT2D eigenvalue weighted by molar-refractivity contribution is 0.102. The molecule has 3 heterocycles. The Morgan fingerprint density at radius 1 is 0.929 bits per heavy atom. The van der Waals surface area contributed by atoms with Gasteiger partial charge in [0.2, 0.25) is 0 Å². The first-order chi connectivity index (χ1) is 20.4. The normalized spacial score (nSPS) is 11.3. The van der Waals surface area contributed by atoms with Crippen molar-refractivity contribution in [3.8, 4) is 22.4 Å². The number of amides is 1. The molecular weight excluding hydrogens is 589 g/mol. The maximum atomic E-state index is 13.6. The van der Waals surface area contributed by atoms with E-state index in [1.807, 2.05) is 35.7 Å². The Morgan fingerprint density at radius 3 is 2.33 bits per heavy atom. The van der Waals surface area contributed by atoms with Gasteiger partial charge in [-0.15, -0.1) is 22.7 Å². The van der Waals surface area contributed by atoms with Crippen LogP contribution in [0, 0.1) is 5.82 Å². The molecule has 0 aliphatic carbocycles. The third kappa shape index (κ3) is 5.73. The molecule has 206 valence electrons. The average Bonchev–Trinajstić information content (AvgIpc) is 3.64. The van der Waals surface area contributed by atoms with Gasteiger partial charge in [0.05, 0.1) is 11.4 Å². The van der Waals surface area contributed by atoms with Crippen molar-refractivity contribution < 1.29 is 14.0 Å². The lowest BCUT2D eigenvalue weighted by atomic mass is 9.99. The first-order valence-corrected chi connectivity index (χ1v) is 14.9. The van der Waals surface area contributed by atoms with E-state index >= 15 is 0 Å². The van der Waals surface area contributed by atoms with Crippen LogP contribution in [-0.4, -0.2) is 16.7 Å². The number of nitrogen functional groups attached to an aromatic ring is 1. The van der Waals surface area contributed by atoms with E-state index in [0.29, 0.717) is 42.7 Å². The fourth-order valence-electron chi connectivity index (χ4n) is 4.46. The highest BCUT2D eigenvalue weighted by Gasteiger charge is 2.22. The molecule has 3 N–H and O–H groups in total. The van der Waals surface area contributed by atoms with Crippen LogP contribution < -0.4 is 11.1 Å². The summed E-state index contributed by atoms with van der Waals surface area (Å²) in [5.74, 6) is -0.866. The number of thiophene rings is 2. The van der Waals surface area contributed by atoms with Gasteiger partial charge in [0.25, 0.3) is 5.91 Å². The minimum Gasteiger partial charge on any atom is -0.397 e. The summed E-state index contributed by atoms with van der Waals surface area (Å²) in [7, 11) is 0. The average molecular weight is 610 g/mol. The summed E-state index contributed by atoms with van der Waals surface area (Å²) in [6.45, 7) is 0. The largest absolute Gasteiger partial charge is 0.397 e. The van der Waals surface area contributed by atoms with E-state index in [9.17, 15) is 14.0 Å². The summed E-state index contributed by atoms with van der Waals surface area (Å²) in [6, 6.07) is 25.8. The van der Waals surface area contributed by atoms with Gasteiger partial charge in [-0.3, -0.25) is 9.59 Å². The van der Waals surface area contributed by atoms with Crippen LogP contribution in [0.5, 0.6) is 0 Å². The van der Waals surface area contributed by atoms with Crippen molar-refractivity contribution in [1.29, 1.82) is 0 Å². The number of rotatable bonds is 7. The zero-order chi connectivity index (χ0) is 29.2. The van der Waals surface area contributed by atoms with E-state index in [4.69, 9.17) is 22.3 Å². The van der Waals surface area contributed by atoms with Gasteiger partial charge in [0.1, 0.15) is 15.5 Å². The van der Waals surface area contributed by atoms with Gasteiger partial charge in [-0.05, 0) is 101 Å². The first-order valence-electron chi connectivity index (χ1n) is 12.8. The van der Waals surface area contributed by atoms with Gasteiger partial charge in [-0.25, -0.2) is 9.37 Å². The van der Waals surface area contributed by atoms with Crippen LogP contribution in [-0.2, 0) is 0 Å². The Hall–Kier alpha value is -4.63. The number of benzene rings is 3. The Morgan fingerprint density at radius 2 is 1.64 bits per heavy atom. The van der Waals surface area contributed by atoms with Crippen LogP contribution in [0.15, 0.2) is 102 Å². The highest BCUT2D eigenvalue weighted by molar-refractivity contribution is 7.21. The maximum absolute atomic E-state index is 13.6. The number of carbonyl (C=O) groups excluding carboxylic acids is 2. The molecule has 3 aromatic heterocycles. The number of nitrogens with zero attached hydrogens (tertiary/aromatic N) is 1. The van der Waals surface area contributed by atoms with Crippen LogP contribution in [0.3, 0.4) is 0 Å². The molecule has 1 amide bonds. The summed E-state index contributed by atoms with van der Waals surface area (Å²) >= 11 is 8.86. The van der Waals surface area contributed by atoms with Gasteiger partial charge in [-0.1, -0.05) is 29.8 Å². The van der Waals surface area contributed by atoms with E-state index in [2.05, 4.69) is 5.32 Å². The second-order valence-corrected chi connectivity index (χ2v) is 11.8. The molecule has 0 saturated heterocycles. The standard InChI is InChI=1S/C33H21ClFN3O2S2/c34-22-9-3-19(4-10-22)26-18-27(20-5-11-23(35)12-6-20)38-33-29(26)30(36)31(42-33)32(40)37-24-13-7-21(8-14-24)28(39)16-15-25-2-1-17-41-25/h1-18H,36H2,(H,37,40). The number of anilines is 2. The zero-order valence-electron chi connectivity index (χ0n) is 21.8. The van der Waals surface area contributed by atoms with Gasteiger partial charge < -0.3 is 11.1 Å². The number of halogens is 2. The summed E-state index contributed by atoms with van der Waals surface area (Å²) < 4.78 is 13.6. The molecule has 0 radical (unpaired) electrons. The van der Waals surface area contributed by atoms with Crippen molar-refractivity contribution in [3.63, 3.8) is 0 Å². The fraction of sp³-hybridized carbons (Fsp3) is 0. The Kier molecular flexibility index (Phi) is 7.67. The Balaban J connectivity index is 1.32. The second kappa shape index (κ2) is 11.7. The molecule has 0 aliphatic rings. The molecule has 0 spiro atoms. The number of hydrogen-bond acceptors (Lipinski definition) is 6. The van der Waals surface area contributed by atoms with Crippen molar-refractivity contribution in [3.05, 3.63) is 129 Å². The minimum absolute atomic E-state index is 0.132. The zero-order valence-corrected chi connectivity index (χ0v) is 24.2. The van der Waals surface area contributed by atoms with E-state index in [1.54, 1.807) is 65.9 Å². The number of allylic oxidation sites excluding steroid dienone is 1. The summed E-state index contributed by atoms with van der Waals surface area (Å²) in [6.07, 6.45) is 3.31. The molecule has 5 nitrogen and oxygen atoms in total. The molecule has 0 aliphatic heterocycles. The Bertz CT molecular complexity index is 1950. The number of pyridine rings is 1. The predicted octanol–water partition coefficient (Wildman–Crippen LogP) is 9.21. The van der Waals surface area contributed by atoms with Gasteiger partial charge >= 0.3 is 0 Å². The number of nitrogens with one attached hydrogen (secondary N) is 1. The molecule has 0 atom stereocenters. The van der Waals surface area contributed by atoms with Crippen molar-refractivity contribution in [2.75, 3.05) is 11.1 Å². The molecule has 6 rings (SSSR count). The fourth-order valence-corrected chi connectivity index (χ4v) is 6.22. The van der Waals surface area contributed by atoms with E-state index < -0.39 is 5.91 Å². The smallest absolute Gasteiger partial charge is 0.267 e. The molecule has 9 heteroatoms. The SMILES string of the molecule is Nc1c(C(=O)Nc2ccc(C(=O)C=Cc3cccs3)cc2)sc2nc(-c3ccc(F)cc3)cc(-c3ccc(Cl)cc3)c12. The van der Waals surface area contributed by atoms with E-state index in [-0.39, 0.29) is 11.6 Å². The molecular formula is C33H21ClFN3O2S2. The number of carbonyl (C=O) groups is 2. The number of aromatic nitrogens is 1. The molecule has 0 fully saturated rings. The van der Waals surface area contributed by atoms with Crippen molar-refractivity contribution in [1.82, 2.24) is 4.98 Å². The van der Waals surface area contributed by atoms with Gasteiger partial charge in [-0.2, -0.15) is 0 Å². The van der Waals surface area contributed by atoms with Gasteiger partial charge in [0.15, 0.2) is 5.78 Å². The summed E-state index contributed by atoms with van der Waals surface area (Å²) in [5, 5.41) is 6.07. The number of ketones is 1. The number of fused-ring (bicyclic) bond motifs is 1. The third-order valence-electron chi connectivity index (χ3n) is 6.57. The van der Waals surface area contributed by atoms with Crippen molar-refractivity contribution in [2.24, 2.45) is 0 Å². The predicted molar refractivity (Wildman–Crippen MR) is 172 cm³/mol. The lowest BCUT2D eigenvalue weighted by Gasteiger charge is -2.09. The van der Waals surface area contributed by atoms with Crippen molar-refractivity contribution >= 4 is 73.6 Å². The Labute approximate surface area is 253 Å². The highest BCUT2D eigenvalue weighted by atomic mass is 35.5. The van der Waals surface area contributed by atoms with Crippen LogP contribution in [0.2, 0.25) is 5.02 Å². The molecule has 0 bridgehead atoms.